The van der Waals surface area contributed by atoms with Crippen molar-refractivity contribution in [3.63, 3.8) is 0 Å². The summed E-state index contributed by atoms with van der Waals surface area (Å²) >= 11 is 4.00. The average Bonchev–Trinajstić information content (AvgIpc) is 2.79. The molecule has 1 fully saturated rings. The van der Waals surface area contributed by atoms with Crippen molar-refractivity contribution < 1.29 is 0 Å². The maximum Gasteiger partial charge on any atom is 0.0939 e. The van der Waals surface area contributed by atoms with Crippen LogP contribution in [0.25, 0.3) is 0 Å². The summed E-state index contributed by atoms with van der Waals surface area (Å²) < 4.78 is 0. The molecule has 1 N–H and O–H groups in total. The molecule has 0 bridgehead atoms. The lowest BCUT2D eigenvalue weighted by Gasteiger charge is -2.19. The second kappa shape index (κ2) is 7.39. The normalized spacial score (nSPS) is 20.6. The second-order valence-electron chi connectivity index (χ2n) is 4.63. The van der Waals surface area contributed by atoms with Crippen LogP contribution in [-0.4, -0.2) is 29.6 Å². The van der Waals surface area contributed by atoms with Gasteiger partial charge in [0.2, 0.25) is 0 Å². The lowest BCUT2D eigenvalue weighted by molar-refractivity contribution is 0.657. The first-order chi connectivity index (χ1) is 8.38. The Bertz CT molecular complexity index is 319. The van der Waals surface area contributed by atoms with Gasteiger partial charge in [-0.25, -0.2) is 4.98 Å². The number of hydrogen-bond acceptors (Lipinski definition) is 4. The molecular formula is C13H22N2S2. The third kappa shape index (κ3) is 4.60. The second-order valence-corrected chi connectivity index (χ2v) is 6.98. The van der Waals surface area contributed by atoms with Crippen molar-refractivity contribution in [2.45, 2.75) is 43.8 Å². The van der Waals surface area contributed by atoms with Crippen LogP contribution >= 0.6 is 23.1 Å². The number of aryl methyl sites for hydroxylation is 1. The molecule has 1 atom stereocenters. The lowest BCUT2D eigenvalue weighted by Crippen LogP contribution is -2.12. The number of aromatic nitrogens is 1. The van der Waals surface area contributed by atoms with Gasteiger partial charge in [-0.2, -0.15) is 11.8 Å². The fraction of sp³-hybridized carbons (Fsp3) is 0.769. The van der Waals surface area contributed by atoms with Crippen LogP contribution in [0.2, 0.25) is 0 Å². The molecule has 1 aliphatic rings. The maximum atomic E-state index is 4.75. The topological polar surface area (TPSA) is 24.9 Å². The standard InChI is InChI=1S/C13H22N2S2/c1-14-7-4-5-11-10-17-13(15-11)9-12-6-2-3-8-16-12/h10,12,14H,2-9H2,1H3. The van der Waals surface area contributed by atoms with Gasteiger partial charge in [0.1, 0.15) is 0 Å². The Labute approximate surface area is 113 Å². The first-order valence-corrected chi connectivity index (χ1v) is 8.51. The minimum atomic E-state index is 0.833. The van der Waals surface area contributed by atoms with Gasteiger partial charge in [-0.1, -0.05) is 6.42 Å². The fourth-order valence-electron chi connectivity index (χ4n) is 2.17. The molecule has 2 heterocycles. The minimum absolute atomic E-state index is 0.833. The van der Waals surface area contributed by atoms with Crippen LogP contribution in [0.3, 0.4) is 0 Å². The summed E-state index contributed by atoms with van der Waals surface area (Å²) in [5.74, 6) is 1.35. The van der Waals surface area contributed by atoms with E-state index >= 15 is 0 Å². The smallest absolute Gasteiger partial charge is 0.0939 e. The third-order valence-electron chi connectivity index (χ3n) is 3.14. The number of nitrogens with one attached hydrogen (secondary N) is 1. The van der Waals surface area contributed by atoms with E-state index in [1.165, 1.54) is 48.6 Å². The van der Waals surface area contributed by atoms with Crippen LogP contribution in [0.1, 0.15) is 36.4 Å². The molecule has 1 saturated heterocycles. The number of hydrogen-bond donors (Lipinski definition) is 1. The molecule has 1 aromatic rings. The van der Waals surface area contributed by atoms with E-state index in [-0.39, 0.29) is 0 Å². The summed E-state index contributed by atoms with van der Waals surface area (Å²) in [5, 5.41) is 7.62. The third-order valence-corrected chi connectivity index (χ3v) is 5.45. The molecule has 2 nitrogen and oxygen atoms in total. The molecule has 17 heavy (non-hydrogen) atoms. The Balaban J connectivity index is 1.76. The van der Waals surface area contributed by atoms with Crippen LogP contribution in [0.5, 0.6) is 0 Å². The van der Waals surface area contributed by atoms with Gasteiger partial charge < -0.3 is 5.32 Å². The Morgan fingerprint density at radius 2 is 2.41 bits per heavy atom. The van der Waals surface area contributed by atoms with Gasteiger partial charge in [0.15, 0.2) is 0 Å². The van der Waals surface area contributed by atoms with Gasteiger partial charge in [0.05, 0.1) is 10.7 Å². The first kappa shape index (κ1) is 13.4. The van der Waals surface area contributed by atoms with Crippen molar-refractivity contribution in [1.82, 2.24) is 10.3 Å². The zero-order chi connectivity index (χ0) is 11.9. The van der Waals surface area contributed by atoms with E-state index in [2.05, 4.69) is 22.5 Å². The molecule has 0 aromatic carbocycles. The molecule has 0 radical (unpaired) electrons. The number of thiazole rings is 1. The molecule has 0 saturated carbocycles. The molecule has 1 unspecified atom stereocenters. The highest BCUT2D eigenvalue weighted by molar-refractivity contribution is 7.99. The van der Waals surface area contributed by atoms with Crippen LogP contribution in [0, 0.1) is 0 Å². The quantitative estimate of drug-likeness (QED) is 0.804. The van der Waals surface area contributed by atoms with E-state index in [9.17, 15) is 0 Å². The highest BCUT2D eigenvalue weighted by Crippen LogP contribution is 2.28. The molecule has 96 valence electrons. The van der Waals surface area contributed by atoms with E-state index in [4.69, 9.17) is 4.98 Å². The summed E-state index contributed by atoms with van der Waals surface area (Å²) in [6, 6.07) is 0. The van der Waals surface area contributed by atoms with Crippen molar-refractivity contribution in [3.8, 4) is 0 Å². The average molecular weight is 270 g/mol. The maximum absolute atomic E-state index is 4.75. The van der Waals surface area contributed by atoms with Gasteiger partial charge in [-0.05, 0) is 45.0 Å². The lowest BCUT2D eigenvalue weighted by atomic mass is 10.1. The van der Waals surface area contributed by atoms with Crippen LogP contribution in [0.15, 0.2) is 5.38 Å². The van der Waals surface area contributed by atoms with E-state index in [0.717, 1.165) is 18.2 Å². The zero-order valence-electron chi connectivity index (χ0n) is 10.6. The zero-order valence-corrected chi connectivity index (χ0v) is 12.2. The summed E-state index contributed by atoms with van der Waals surface area (Å²) in [5.41, 5.74) is 1.29. The van der Waals surface area contributed by atoms with E-state index in [1.807, 2.05) is 18.4 Å². The van der Waals surface area contributed by atoms with E-state index in [0.29, 0.717) is 0 Å². The van der Waals surface area contributed by atoms with Crippen molar-refractivity contribution >= 4 is 23.1 Å². The molecule has 1 aliphatic heterocycles. The van der Waals surface area contributed by atoms with Gasteiger partial charge in [-0.3, -0.25) is 0 Å². The Kier molecular flexibility index (Phi) is 5.81. The summed E-state index contributed by atoms with van der Waals surface area (Å²) in [6.45, 7) is 1.09. The minimum Gasteiger partial charge on any atom is -0.320 e. The van der Waals surface area contributed by atoms with Gasteiger partial charge in [0, 0.05) is 17.1 Å². The Morgan fingerprint density at radius 1 is 1.47 bits per heavy atom. The van der Waals surface area contributed by atoms with Crippen LogP contribution in [0.4, 0.5) is 0 Å². The molecule has 1 aromatic heterocycles. The highest BCUT2D eigenvalue weighted by Gasteiger charge is 2.16. The fourth-order valence-corrected chi connectivity index (χ4v) is 4.50. The van der Waals surface area contributed by atoms with Gasteiger partial charge in [-0.15, -0.1) is 11.3 Å². The number of rotatable bonds is 6. The monoisotopic (exact) mass is 270 g/mol. The van der Waals surface area contributed by atoms with Crippen LogP contribution < -0.4 is 5.32 Å². The predicted octanol–water partition coefficient (Wildman–Crippen LogP) is 3.12. The van der Waals surface area contributed by atoms with Crippen molar-refractivity contribution in [2.75, 3.05) is 19.3 Å². The van der Waals surface area contributed by atoms with E-state index in [1.54, 1.807) is 0 Å². The van der Waals surface area contributed by atoms with Gasteiger partial charge >= 0.3 is 0 Å². The first-order valence-electron chi connectivity index (χ1n) is 6.58. The van der Waals surface area contributed by atoms with Crippen LogP contribution in [-0.2, 0) is 12.8 Å². The molecular weight excluding hydrogens is 248 g/mol. The Morgan fingerprint density at radius 3 is 3.18 bits per heavy atom. The predicted molar refractivity (Wildman–Crippen MR) is 78.2 cm³/mol. The number of nitrogens with zero attached hydrogens (tertiary/aromatic N) is 1. The molecule has 2 rings (SSSR count). The summed E-state index contributed by atoms with van der Waals surface area (Å²) in [7, 11) is 2.01. The molecule has 0 amide bonds. The number of thioether (sulfide) groups is 1. The largest absolute Gasteiger partial charge is 0.320 e. The van der Waals surface area contributed by atoms with Gasteiger partial charge in [0.25, 0.3) is 0 Å². The molecule has 4 heteroatoms. The SMILES string of the molecule is CNCCCc1csc(CC2CCCCS2)n1. The summed E-state index contributed by atoms with van der Waals surface area (Å²) in [6.07, 6.45) is 7.72. The van der Waals surface area contributed by atoms with Crippen molar-refractivity contribution in [2.24, 2.45) is 0 Å². The van der Waals surface area contributed by atoms with E-state index < -0.39 is 0 Å². The molecule has 0 spiro atoms. The van der Waals surface area contributed by atoms with Crippen molar-refractivity contribution in [3.05, 3.63) is 16.1 Å². The summed E-state index contributed by atoms with van der Waals surface area (Å²) in [4.78, 5) is 4.75. The van der Waals surface area contributed by atoms with Crippen molar-refractivity contribution in [1.29, 1.82) is 0 Å². The molecule has 0 aliphatic carbocycles. The Hall–Kier alpha value is -0.0600. The highest BCUT2D eigenvalue weighted by atomic mass is 32.2.